The predicted molar refractivity (Wildman–Crippen MR) is 65.7 cm³/mol. The number of benzene rings is 1. The Hall–Kier alpha value is -1.06. The quantitative estimate of drug-likeness (QED) is 0.778. The van der Waals surface area contributed by atoms with Gasteiger partial charge < -0.3 is 10.4 Å². The summed E-state index contributed by atoms with van der Waals surface area (Å²) in [5, 5.41) is 16.2. The average Bonchev–Trinajstić information content (AvgIpc) is 2.63. The van der Waals surface area contributed by atoms with Crippen LogP contribution in [0.1, 0.15) is 12.5 Å². The zero-order valence-electron chi connectivity index (χ0n) is 8.79. The Morgan fingerprint density at radius 3 is 3.07 bits per heavy atom. The van der Waals surface area contributed by atoms with E-state index < -0.39 is 0 Å². The fourth-order valence-electron chi connectivity index (χ4n) is 1.72. The molecule has 0 aliphatic heterocycles. The van der Waals surface area contributed by atoms with Gasteiger partial charge in [-0.15, -0.1) is 11.3 Å². The first-order valence-corrected chi connectivity index (χ1v) is 6.09. The number of phenolic OH excluding ortho intramolecular Hbond substituents is 1. The summed E-state index contributed by atoms with van der Waals surface area (Å²) >= 11 is 1.70. The van der Waals surface area contributed by atoms with E-state index in [1.54, 1.807) is 17.4 Å². The lowest BCUT2D eigenvalue weighted by atomic mass is 10.1. The molecule has 0 unspecified atom stereocenters. The molecule has 0 atom stereocenters. The number of hydrogen-bond donors (Lipinski definition) is 2. The molecule has 0 saturated heterocycles. The van der Waals surface area contributed by atoms with Crippen molar-refractivity contribution >= 4 is 21.4 Å². The lowest BCUT2D eigenvalue weighted by Crippen LogP contribution is -2.15. The van der Waals surface area contributed by atoms with Crippen LogP contribution in [-0.4, -0.2) is 18.2 Å². The Labute approximate surface area is 93.6 Å². The molecule has 0 spiro atoms. The van der Waals surface area contributed by atoms with E-state index in [9.17, 15) is 5.11 Å². The summed E-state index contributed by atoms with van der Waals surface area (Å²) in [4.78, 5) is 0. The van der Waals surface area contributed by atoms with Crippen molar-refractivity contribution < 1.29 is 5.11 Å². The smallest absolute Gasteiger partial charge is 0.124 e. The molecule has 0 aliphatic rings. The molecule has 0 fully saturated rings. The van der Waals surface area contributed by atoms with Gasteiger partial charge in [-0.2, -0.15) is 0 Å². The normalized spacial score (nSPS) is 11.0. The van der Waals surface area contributed by atoms with Crippen molar-refractivity contribution in [1.29, 1.82) is 0 Å². The second-order valence-electron chi connectivity index (χ2n) is 3.51. The Kier molecular flexibility index (Phi) is 3.23. The molecule has 2 aromatic rings. The number of nitrogens with one attached hydrogen (secondary N) is 1. The van der Waals surface area contributed by atoms with Gasteiger partial charge >= 0.3 is 0 Å². The zero-order valence-corrected chi connectivity index (χ0v) is 9.60. The number of likely N-dealkylation sites (N-methyl/N-ethyl adjacent to an activating group) is 1. The van der Waals surface area contributed by atoms with E-state index in [-0.39, 0.29) is 0 Å². The van der Waals surface area contributed by atoms with Gasteiger partial charge in [-0.1, -0.05) is 13.0 Å². The Morgan fingerprint density at radius 2 is 2.27 bits per heavy atom. The molecular weight excluding hydrogens is 206 g/mol. The second-order valence-corrected chi connectivity index (χ2v) is 4.43. The third-order valence-electron chi connectivity index (χ3n) is 2.47. The van der Waals surface area contributed by atoms with Crippen LogP contribution in [0.25, 0.3) is 10.1 Å². The molecule has 2 N–H and O–H groups in total. The van der Waals surface area contributed by atoms with Crippen LogP contribution in [0.3, 0.4) is 0 Å². The number of phenols is 1. The van der Waals surface area contributed by atoms with Crippen molar-refractivity contribution in [1.82, 2.24) is 5.32 Å². The minimum absolute atomic E-state index is 0.403. The van der Waals surface area contributed by atoms with Gasteiger partial charge in [0.1, 0.15) is 5.75 Å². The molecule has 1 aromatic carbocycles. The van der Waals surface area contributed by atoms with E-state index in [2.05, 4.69) is 23.7 Å². The molecule has 0 aliphatic carbocycles. The highest BCUT2D eigenvalue weighted by molar-refractivity contribution is 7.17. The van der Waals surface area contributed by atoms with Crippen molar-refractivity contribution in [3.05, 3.63) is 29.1 Å². The van der Waals surface area contributed by atoms with Crippen molar-refractivity contribution in [3.8, 4) is 5.75 Å². The molecule has 1 heterocycles. The van der Waals surface area contributed by atoms with Gasteiger partial charge in [0.25, 0.3) is 0 Å². The summed E-state index contributed by atoms with van der Waals surface area (Å²) in [5.41, 5.74) is 1.24. The van der Waals surface area contributed by atoms with Crippen LogP contribution in [-0.2, 0) is 6.42 Å². The standard InChI is InChI=1S/C12H15NOS/c1-2-13-7-6-9-8-15-11-5-3-4-10(14)12(9)11/h3-5,8,13-14H,2,6-7H2,1H3. The highest BCUT2D eigenvalue weighted by Crippen LogP contribution is 2.32. The van der Waals surface area contributed by atoms with E-state index >= 15 is 0 Å². The van der Waals surface area contributed by atoms with Crippen LogP contribution in [0.5, 0.6) is 5.75 Å². The van der Waals surface area contributed by atoms with E-state index in [4.69, 9.17) is 0 Å². The molecule has 0 radical (unpaired) electrons. The molecule has 1 aromatic heterocycles. The molecule has 0 saturated carbocycles. The number of rotatable bonds is 4. The first kappa shape index (κ1) is 10.5. The van der Waals surface area contributed by atoms with Crippen molar-refractivity contribution in [2.24, 2.45) is 0 Å². The van der Waals surface area contributed by atoms with Gasteiger partial charge in [-0.05, 0) is 42.6 Å². The van der Waals surface area contributed by atoms with Gasteiger partial charge in [0.05, 0.1) is 0 Å². The maximum absolute atomic E-state index is 9.78. The first-order chi connectivity index (χ1) is 7.33. The summed E-state index contributed by atoms with van der Waals surface area (Å²) in [6, 6.07) is 5.70. The maximum Gasteiger partial charge on any atom is 0.124 e. The van der Waals surface area contributed by atoms with Gasteiger partial charge in [0.15, 0.2) is 0 Å². The van der Waals surface area contributed by atoms with Crippen LogP contribution >= 0.6 is 11.3 Å². The highest BCUT2D eigenvalue weighted by Gasteiger charge is 2.07. The highest BCUT2D eigenvalue weighted by atomic mass is 32.1. The van der Waals surface area contributed by atoms with Crippen LogP contribution in [0.4, 0.5) is 0 Å². The van der Waals surface area contributed by atoms with Crippen LogP contribution in [0.15, 0.2) is 23.6 Å². The van der Waals surface area contributed by atoms with Crippen molar-refractivity contribution in [2.45, 2.75) is 13.3 Å². The van der Waals surface area contributed by atoms with E-state index in [1.165, 1.54) is 10.3 Å². The number of hydrogen-bond acceptors (Lipinski definition) is 3. The largest absolute Gasteiger partial charge is 0.507 e. The average molecular weight is 221 g/mol. The molecule has 80 valence electrons. The van der Waals surface area contributed by atoms with Crippen molar-refractivity contribution in [2.75, 3.05) is 13.1 Å². The fourth-order valence-corrected chi connectivity index (χ4v) is 2.73. The summed E-state index contributed by atoms with van der Waals surface area (Å²) in [5.74, 6) is 0.403. The van der Waals surface area contributed by atoms with Gasteiger partial charge in [-0.25, -0.2) is 0 Å². The lowest BCUT2D eigenvalue weighted by Gasteiger charge is -2.02. The number of fused-ring (bicyclic) bond motifs is 1. The van der Waals surface area contributed by atoms with Crippen LogP contribution in [0, 0.1) is 0 Å². The van der Waals surface area contributed by atoms with Crippen LogP contribution in [0.2, 0.25) is 0 Å². The molecule has 0 amide bonds. The first-order valence-electron chi connectivity index (χ1n) is 5.21. The Balaban J connectivity index is 2.27. The third-order valence-corrected chi connectivity index (χ3v) is 3.47. The monoisotopic (exact) mass is 221 g/mol. The Bertz CT molecular complexity index is 450. The zero-order chi connectivity index (χ0) is 10.7. The van der Waals surface area contributed by atoms with Crippen LogP contribution < -0.4 is 5.32 Å². The minimum Gasteiger partial charge on any atom is -0.507 e. The topological polar surface area (TPSA) is 32.3 Å². The molecular formula is C12H15NOS. The van der Waals surface area contributed by atoms with Crippen molar-refractivity contribution in [3.63, 3.8) is 0 Å². The summed E-state index contributed by atoms with van der Waals surface area (Å²) in [6.07, 6.45) is 0.978. The molecule has 2 rings (SSSR count). The van der Waals surface area contributed by atoms with Gasteiger partial charge in [0.2, 0.25) is 0 Å². The summed E-state index contributed by atoms with van der Waals surface area (Å²) in [6.45, 7) is 4.06. The Morgan fingerprint density at radius 1 is 1.40 bits per heavy atom. The van der Waals surface area contributed by atoms with Gasteiger partial charge in [-0.3, -0.25) is 0 Å². The summed E-state index contributed by atoms with van der Waals surface area (Å²) in [7, 11) is 0. The van der Waals surface area contributed by atoms with E-state index in [1.807, 2.05) is 6.07 Å². The SMILES string of the molecule is CCNCCc1csc2cccc(O)c12. The maximum atomic E-state index is 9.78. The molecule has 0 bridgehead atoms. The number of thiophene rings is 1. The summed E-state index contributed by atoms with van der Waals surface area (Å²) < 4.78 is 1.17. The van der Waals surface area contributed by atoms with E-state index in [0.29, 0.717) is 5.75 Å². The third kappa shape index (κ3) is 2.13. The molecule has 15 heavy (non-hydrogen) atoms. The molecule has 2 nitrogen and oxygen atoms in total. The fraction of sp³-hybridized carbons (Fsp3) is 0.333. The minimum atomic E-state index is 0.403. The van der Waals surface area contributed by atoms with Gasteiger partial charge in [0, 0.05) is 10.1 Å². The lowest BCUT2D eigenvalue weighted by molar-refractivity contribution is 0.481. The second kappa shape index (κ2) is 4.64. The molecule has 3 heteroatoms. The number of aromatic hydroxyl groups is 1. The van der Waals surface area contributed by atoms with E-state index in [0.717, 1.165) is 24.9 Å². The predicted octanol–water partition coefficient (Wildman–Crippen LogP) is 2.76.